The monoisotopic (exact) mass is 457 g/mol. The summed E-state index contributed by atoms with van der Waals surface area (Å²) in [6.45, 7) is 0. The Kier molecular flexibility index (Phi) is 3.24. The van der Waals surface area contributed by atoms with Crippen LogP contribution < -0.4 is 18.1 Å². The maximum atomic E-state index is 6.67. The molecule has 164 valence electrons. The van der Waals surface area contributed by atoms with Crippen LogP contribution in [0.5, 0.6) is 23.0 Å². The first-order valence-electron chi connectivity index (χ1n) is 10.5. The molecule has 0 aliphatic carbocycles. The summed E-state index contributed by atoms with van der Waals surface area (Å²) in [5, 5.41) is 0. The fourth-order valence-electron chi connectivity index (χ4n) is 4.29. The molecule has 3 aliphatic heterocycles. The molecule has 0 amide bonds. The summed E-state index contributed by atoms with van der Waals surface area (Å²) >= 11 is 0. The molecule has 0 radical (unpaired) electrons. The molecule has 0 bridgehead atoms. The molecule has 1 spiro atoms. The molecule has 0 saturated carbocycles. The zero-order valence-corrected chi connectivity index (χ0v) is 18.2. The molecular weight excluding hydrogens is 439 g/mol. The van der Waals surface area contributed by atoms with Crippen LogP contribution in [0.3, 0.4) is 0 Å². The molecular formula is C26H18O6P-. The van der Waals surface area contributed by atoms with Gasteiger partial charge in [-0.15, -0.1) is 0 Å². The first kappa shape index (κ1) is 18.4. The topological polar surface area (TPSA) is 55.4 Å². The summed E-state index contributed by atoms with van der Waals surface area (Å²) in [6, 6.07) is 33.6. The van der Waals surface area contributed by atoms with Gasteiger partial charge in [-0.05, 0) is 0 Å². The third kappa shape index (κ3) is 2.41. The van der Waals surface area contributed by atoms with E-state index < -0.39 is 7.31 Å². The molecule has 0 aromatic heterocycles. The molecule has 3 heterocycles. The van der Waals surface area contributed by atoms with Crippen LogP contribution in [0.2, 0.25) is 0 Å². The van der Waals surface area contributed by atoms with Crippen molar-refractivity contribution >= 4 is 18.8 Å². The summed E-state index contributed by atoms with van der Waals surface area (Å²) in [5.41, 5.74) is 1.53. The Morgan fingerprint density at radius 1 is 0.333 bits per heavy atom. The normalized spacial score (nSPS) is 21.5. The number of hydrogen-bond acceptors (Lipinski definition) is 6. The van der Waals surface area contributed by atoms with Crippen LogP contribution in [0.15, 0.2) is 109 Å². The number of rotatable bonds is 2. The number of fused-ring (bicyclic) bond motifs is 2. The second kappa shape index (κ2) is 5.80. The van der Waals surface area contributed by atoms with E-state index in [-0.39, 0.29) is 0 Å². The molecule has 7 rings (SSSR count). The molecule has 3 aliphatic rings. The van der Waals surface area contributed by atoms with Gasteiger partial charge in [0.1, 0.15) is 0 Å². The summed E-state index contributed by atoms with van der Waals surface area (Å²) in [6.07, 6.45) is 0. The van der Waals surface area contributed by atoms with E-state index in [0.29, 0.717) is 34.5 Å². The van der Waals surface area contributed by atoms with E-state index in [2.05, 4.69) is 0 Å². The van der Waals surface area contributed by atoms with Crippen molar-refractivity contribution in [3.05, 3.63) is 120 Å². The van der Waals surface area contributed by atoms with Crippen LogP contribution >= 0.6 is 7.31 Å². The third-order valence-corrected chi connectivity index (χ3v) is 9.06. The Morgan fingerprint density at radius 3 is 0.970 bits per heavy atom. The Hall–Kier alpha value is -4.15. The van der Waals surface area contributed by atoms with Gasteiger partial charge in [0.05, 0.1) is 0 Å². The van der Waals surface area contributed by atoms with Crippen molar-refractivity contribution in [2.24, 2.45) is 0 Å². The van der Waals surface area contributed by atoms with Gasteiger partial charge >= 0.3 is 189 Å². The molecule has 0 atom stereocenters. The standard InChI is InChI=1S/C26H18O6P/c1-3-11-19(12-4-1)25-26(20-13-5-2-6-14-20)32-33(31-25,27-21-15-7-8-16-22(21)28-33)29-23-17-9-10-18-24(23)30-33/h1-18H/q-1. The van der Waals surface area contributed by atoms with E-state index in [1.54, 1.807) is 24.3 Å². The van der Waals surface area contributed by atoms with Crippen LogP contribution in [0.25, 0.3) is 11.5 Å². The minimum atomic E-state index is -5.86. The molecule has 0 N–H and O–H groups in total. The minimum absolute atomic E-state index is 0.401. The third-order valence-electron chi connectivity index (χ3n) is 5.67. The van der Waals surface area contributed by atoms with Gasteiger partial charge in [0, 0.05) is 0 Å². The average Bonchev–Trinajstić information content (AvgIpc) is 3.44. The quantitative estimate of drug-likeness (QED) is 0.300. The molecule has 33 heavy (non-hydrogen) atoms. The Balaban J connectivity index is 1.50. The summed E-state index contributed by atoms with van der Waals surface area (Å²) in [7, 11) is -5.86. The predicted molar refractivity (Wildman–Crippen MR) is 124 cm³/mol. The van der Waals surface area contributed by atoms with E-state index in [4.69, 9.17) is 27.1 Å². The van der Waals surface area contributed by atoms with Crippen molar-refractivity contribution in [1.29, 1.82) is 0 Å². The van der Waals surface area contributed by atoms with E-state index in [9.17, 15) is 0 Å². The Bertz CT molecular complexity index is 1290. The van der Waals surface area contributed by atoms with Gasteiger partial charge in [0.2, 0.25) is 0 Å². The fourth-order valence-corrected chi connectivity index (χ4v) is 8.18. The van der Waals surface area contributed by atoms with Gasteiger partial charge < -0.3 is 0 Å². The molecule has 0 saturated heterocycles. The molecule has 0 unspecified atom stereocenters. The molecule has 7 heteroatoms. The fraction of sp³-hybridized carbons (Fsp3) is 0. The number of hydrogen-bond donors (Lipinski definition) is 0. The van der Waals surface area contributed by atoms with Crippen molar-refractivity contribution in [1.82, 2.24) is 0 Å². The van der Waals surface area contributed by atoms with Crippen molar-refractivity contribution in [3.63, 3.8) is 0 Å². The van der Waals surface area contributed by atoms with Crippen LogP contribution in [0.1, 0.15) is 11.1 Å². The van der Waals surface area contributed by atoms with Gasteiger partial charge in [0.15, 0.2) is 0 Å². The van der Waals surface area contributed by atoms with Crippen molar-refractivity contribution in [3.8, 4) is 23.0 Å². The summed E-state index contributed by atoms with van der Waals surface area (Å²) in [5.74, 6) is 2.42. The van der Waals surface area contributed by atoms with Crippen molar-refractivity contribution in [2.45, 2.75) is 0 Å². The van der Waals surface area contributed by atoms with Gasteiger partial charge in [-0.25, -0.2) is 0 Å². The van der Waals surface area contributed by atoms with Gasteiger partial charge in [-0.2, -0.15) is 0 Å². The Labute approximate surface area is 189 Å². The maximum absolute atomic E-state index is 6.67. The van der Waals surface area contributed by atoms with Gasteiger partial charge in [0.25, 0.3) is 0 Å². The number of para-hydroxylation sites is 4. The molecule has 4 aromatic rings. The SMILES string of the molecule is c1ccc(C2=C(c3ccccc3)O[P-]34(O2)(Oc2ccccc2O3)Oc2ccccc2O4)cc1. The zero-order valence-electron chi connectivity index (χ0n) is 17.3. The van der Waals surface area contributed by atoms with Crippen molar-refractivity contribution in [2.75, 3.05) is 0 Å². The zero-order chi connectivity index (χ0) is 22.0. The van der Waals surface area contributed by atoms with Crippen LogP contribution in [0.4, 0.5) is 0 Å². The van der Waals surface area contributed by atoms with Gasteiger partial charge in [-0.1, -0.05) is 0 Å². The molecule has 0 fully saturated rings. The van der Waals surface area contributed by atoms with Crippen LogP contribution in [0, 0.1) is 0 Å². The average molecular weight is 457 g/mol. The number of benzene rings is 4. The van der Waals surface area contributed by atoms with E-state index >= 15 is 0 Å². The first-order valence-corrected chi connectivity index (χ1v) is 12.7. The van der Waals surface area contributed by atoms with Gasteiger partial charge in [-0.3, -0.25) is 0 Å². The molecule has 6 nitrogen and oxygen atoms in total. The second-order valence-corrected chi connectivity index (χ2v) is 11.3. The van der Waals surface area contributed by atoms with E-state index in [0.717, 1.165) is 11.1 Å². The summed E-state index contributed by atoms with van der Waals surface area (Å²) in [4.78, 5) is 0. The first-order chi connectivity index (χ1) is 16.1. The molecule has 4 aromatic carbocycles. The van der Waals surface area contributed by atoms with E-state index in [1.165, 1.54) is 0 Å². The van der Waals surface area contributed by atoms with Crippen LogP contribution in [-0.4, -0.2) is 0 Å². The second-order valence-electron chi connectivity index (χ2n) is 7.95. The summed E-state index contributed by atoms with van der Waals surface area (Å²) < 4.78 is 39.2. The van der Waals surface area contributed by atoms with Crippen LogP contribution in [-0.2, 0) is 9.05 Å². The Morgan fingerprint density at radius 2 is 0.636 bits per heavy atom. The van der Waals surface area contributed by atoms with Crippen molar-refractivity contribution < 1.29 is 27.1 Å². The van der Waals surface area contributed by atoms with E-state index in [1.807, 2.05) is 84.9 Å². The predicted octanol–water partition coefficient (Wildman–Crippen LogP) is 7.08.